The largest absolute Gasteiger partial charge is 0.497 e. The normalized spacial score (nSPS) is 9.57. The number of anilines is 1. The average Bonchev–Trinajstić information content (AvgIpc) is 2.54. The van der Waals surface area contributed by atoms with Crippen LogP contribution in [0.5, 0.6) is 11.5 Å². The zero-order chi connectivity index (χ0) is 15.2. The van der Waals surface area contributed by atoms with Crippen molar-refractivity contribution in [3.05, 3.63) is 53.6 Å². The molecule has 0 aliphatic heterocycles. The molecule has 106 valence electrons. The topological polar surface area (TPSA) is 71.3 Å². The van der Waals surface area contributed by atoms with Gasteiger partial charge in [-0.2, -0.15) is 5.26 Å². The molecular weight excluding hydrogens is 268 g/mol. The van der Waals surface area contributed by atoms with Gasteiger partial charge in [-0.25, -0.2) is 0 Å². The molecule has 0 aliphatic carbocycles. The maximum atomic E-state index is 12.4. The first-order chi connectivity index (χ1) is 10.2. The van der Waals surface area contributed by atoms with E-state index >= 15 is 0 Å². The summed E-state index contributed by atoms with van der Waals surface area (Å²) >= 11 is 0. The van der Waals surface area contributed by atoms with Crippen molar-refractivity contribution in [3.8, 4) is 17.6 Å². The van der Waals surface area contributed by atoms with Gasteiger partial charge in [-0.3, -0.25) is 4.79 Å². The van der Waals surface area contributed by atoms with E-state index in [0.717, 1.165) is 0 Å². The standard InChI is InChI=1S/C16H14N2O3/c1-20-12-7-8-15(21-2)13(9-12)16(19)18-14-6-4-3-5-11(14)10-17/h3-9H,1-2H3,(H,18,19). The number of amides is 1. The molecule has 0 spiro atoms. The van der Waals surface area contributed by atoms with Gasteiger partial charge in [0.2, 0.25) is 0 Å². The lowest BCUT2D eigenvalue weighted by molar-refractivity contribution is 0.102. The molecule has 2 aromatic rings. The Bertz CT molecular complexity index is 705. The van der Waals surface area contributed by atoms with Gasteiger partial charge in [0.05, 0.1) is 31.0 Å². The van der Waals surface area contributed by atoms with E-state index in [1.807, 2.05) is 6.07 Å². The van der Waals surface area contributed by atoms with Crippen LogP contribution >= 0.6 is 0 Å². The van der Waals surface area contributed by atoms with Crippen molar-refractivity contribution in [2.24, 2.45) is 0 Å². The summed E-state index contributed by atoms with van der Waals surface area (Å²) in [4.78, 5) is 12.4. The van der Waals surface area contributed by atoms with Crippen LogP contribution in [0, 0.1) is 11.3 Å². The van der Waals surface area contributed by atoms with Crippen molar-refractivity contribution in [1.82, 2.24) is 0 Å². The number of methoxy groups -OCH3 is 2. The highest BCUT2D eigenvalue weighted by Crippen LogP contribution is 2.25. The first kappa shape index (κ1) is 14.4. The highest BCUT2D eigenvalue weighted by molar-refractivity contribution is 6.07. The van der Waals surface area contributed by atoms with Crippen LogP contribution in [0.25, 0.3) is 0 Å². The molecule has 21 heavy (non-hydrogen) atoms. The van der Waals surface area contributed by atoms with Gasteiger partial charge < -0.3 is 14.8 Å². The molecule has 5 heteroatoms. The number of ether oxygens (including phenoxy) is 2. The maximum Gasteiger partial charge on any atom is 0.259 e. The Morgan fingerprint density at radius 2 is 1.90 bits per heavy atom. The second kappa shape index (κ2) is 6.44. The second-order valence-corrected chi connectivity index (χ2v) is 4.18. The molecule has 0 aliphatic rings. The van der Waals surface area contributed by atoms with Crippen molar-refractivity contribution in [2.45, 2.75) is 0 Å². The van der Waals surface area contributed by atoms with Gasteiger partial charge in [0.1, 0.15) is 17.6 Å². The first-order valence-electron chi connectivity index (χ1n) is 6.22. The third kappa shape index (κ3) is 3.12. The van der Waals surface area contributed by atoms with Gasteiger partial charge in [0, 0.05) is 0 Å². The lowest BCUT2D eigenvalue weighted by Crippen LogP contribution is -2.14. The van der Waals surface area contributed by atoms with E-state index in [2.05, 4.69) is 5.32 Å². The minimum atomic E-state index is -0.367. The molecule has 0 heterocycles. The van der Waals surface area contributed by atoms with Crippen LogP contribution in [-0.4, -0.2) is 20.1 Å². The summed E-state index contributed by atoms with van der Waals surface area (Å²) in [6, 6.07) is 13.8. The number of carbonyl (C=O) groups is 1. The molecule has 0 fully saturated rings. The Balaban J connectivity index is 2.34. The van der Waals surface area contributed by atoms with Crippen molar-refractivity contribution >= 4 is 11.6 Å². The molecule has 1 N–H and O–H groups in total. The summed E-state index contributed by atoms with van der Waals surface area (Å²) in [6.07, 6.45) is 0. The molecule has 5 nitrogen and oxygen atoms in total. The van der Waals surface area contributed by atoms with Gasteiger partial charge in [0.15, 0.2) is 0 Å². The Kier molecular flexibility index (Phi) is 4.42. The SMILES string of the molecule is COc1ccc(OC)c(C(=O)Nc2ccccc2C#N)c1. The van der Waals surface area contributed by atoms with Crippen molar-refractivity contribution in [3.63, 3.8) is 0 Å². The lowest BCUT2D eigenvalue weighted by Gasteiger charge is -2.11. The van der Waals surface area contributed by atoms with Crippen LogP contribution in [0.1, 0.15) is 15.9 Å². The maximum absolute atomic E-state index is 12.4. The number of para-hydroxylation sites is 1. The van der Waals surface area contributed by atoms with Crippen molar-refractivity contribution in [2.75, 3.05) is 19.5 Å². The van der Waals surface area contributed by atoms with E-state index in [1.165, 1.54) is 14.2 Å². The first-order valence-corrected chi connectivity index (χ1v) is 6.22. The zero-order valence-electron chi connectivity index (χ0n) is 11.7. The fraction of sp³-hybridized carbons (Fsp3) is 0.125. The summed E-state index contributed by atoms with van der Waals surface area (Å²) < 4.78 is 10.3. The van der Waals surface area contributed by atoms with Crippen LogP contribution in [0.3, 0.4) is 0 Å². The molecule has 0 bridgehead atoms. The quantitative estimate of drug-likeness (QED) is 0.936. The highest BCUT2D eigenvalue weighted by Gasteiger charge is 2.15. The number of nitriles is 1. The van der Waals surface area contributed by atoms with E-state index in [0.29, 0.717) is 28.3 Å². The molecular formula is C16H14N2O3. The number of hydrogen-bond donors (Lipinski definition) is 1. The number of nitrogens with zero attached hydrogens (tertiary/aromatic N) is 1. The fourth-order valence-electron chi connectivity index (χ4n) is 1.87. The summed E-state index contributed by atoms with van der Waals surface area (Å²) in [5, 5.41) is 11.7. The minimum absolute atomic E-state index is 0.338. The van der Waals surface area contributed by atoms with E-state index in [4.69, 9.17) is 14.7 Å². The summed E-state index contributed by atoms with van der Waals surface area (Å²) in [5.41, 5.74) is 1.19. The van der Waals surface area contributed by atoms with Crippen molar-refractivity contribution in [1.29, 1.82) is 5.26 Å². The third-order valence-electron chi connectivity index (χ3n) is 2.95. The van der Waals surface area contributed by atoms with Gasteiger partial charge in [-0.1, -0.05) is 12.1 Å². The van der Waals surface area contributed by atoms with Crippen molar-refractivity contribution < 1.29 is 14.3 Å². The van der Waals surface area contributed by atoms with Crippen LogP contribution in [0.2, 0.25) is 0 Å². The number of rotatable bonds is 4. The van der Waals surface area contributed by atoms with E-state index < -0.39 is 0 Å². The number of benzene rings is 2. The Morgan fingerprint density at radius 1 is 1.14 bits per heavy atom. The average molecular weight is 282 g/mol. The molecule has 1 amide bonds. The van der Waals surface area contributed by atoms with Crippen LogP contribution in [-0.2, 0) is 0 Å². The predicted octanol–water partition coefficient (Wildman–Crippen LogP) is 2.83. The Hall–Kier alpha value is -3.00. The van der Waals surface area contributed by atoms with Gasteiger partial charge >= 0.3 is 0 Å². The summed E-state index contributed by atoms with van der Waals surface area (Å²) in [5.74, 6) is 0.616. The number of hydrogen-bond acceptors (Lipinski definition) is 4. The van der Waals surface area contributed by atoms with Crippen LogP contribution < -0.4 is 14.8 Å². The van der Waals surface area contributed by atoms with Crippen LogP contribution in [0.4, 0.5) is 5.69 Å². The monoisotopic (exact) mass is 282 g/mol. The molecule has 2 rings (SSSR count). The molecule has 0 atom stereocenters. The Labute approximate surface area is 122 Å². The predicted molar refractivity (Wildman–Crippen MR) is 78.7 cm³/mol. The van der Waals surface area contributed by atoms with Gasteiger partial charge in [-0.05, 0) is 30.3 Å². The van der Waals surface area contributed by atoms with E-state index in [-0.39, 0.29) is 5.91 Å². The minimum Gasteiger partial charge on any atom is -0.497 e. The summed E-state index contributed by atoms with van der Waals surface area (Å²) in [7, 11) is 3.01. The second-order valence-electron chi connectivity index (χ2n) is 4.18. The Morgan fingerprint density at radius 3 is 2.57 bits per heavy atom. The van der Waals surface area contributed by atoms with Gasteiger partial charge in [-0.15, -0.1) is 0 Å². The fourth-order valence-corrected chi connectivity index (χ4v) is 1.87. The molecule has 0 radical (unpaired) electrons. The number of nitrogens with one attached hydrogen (secondary N) is 1. The van der Waals surface area contributed by atoms with Crippen LogP contribution in [0.15, 0.2) is 42.5 Å². The molecule has 0 unspecified atom stereocenters. The van der Waals surface area contributed by atoms with Gasteiger partial charge in [0.25, 0.3) is 5.91 Å². The smallest absolute Gasteiger partial charge is 0.259 e. The summed E-state index contributed by atoms with van der Waals surface area (Å²) in [6.45, 7) is 0. The highest BCUT2D eigenvalue weighted by atomic mass is 16.5. The zero-order valence-corrected chi connectivity index (χ0v) is 11.7. The van der Waals surface area contributed by atoms with E-state index in [9.17, 15) is 4.79 Å². The molecule has 0 saturated heterocycles. The lowest BCUT2D eigenvalue weighted by atomic mass is 10.1. The van der Waals surface area contributed by atoms with E-state index in [1.54, 1.807) is 42.5 Å². The molecule has 2 aromatic carbocycles. The third-order valence-corrected chi connectivity index (χ3v) is 2.95. The number of carbonyl (C=O) groups excluding carboxylic acids is 1. The molecule has 0 aromatic heterocycles. The molecule has 0 saturated carbocycles.